The monoisotopic (exact) mass is 392 g/mol. The zero-order valence-electron chi connectivity index (χ0n) is 15.1. The van der Waals surface area contributed by atoms with Crippen molar-refractivity contribution in [1.82, 2.24) is 19.7 Å². The van der Waals surface area contributed by atoms with Crippen LogP contribution in [0.5, 0.6) is 0 Å². The van der Waals surface area contributed by atoms with Crippen molar-refractivity contribution in [2.24, 2.45) is 13.0 Å². The van der Waals surface area contributed by atoms with Crippen LogP contribution < -0.4 is 5.56 Å². The van der Waals surface area contributed by atoms with Gasteiger partial charge in [-0.05, 0) is 36.5 Å². The van der Waals surface area contributed by atoms with Crippen molar-refractivity contribution < 1.29 is 0 Å². The molecule has 2 aromatic heterocycles. The van der Waals surface area contributed by atoms with Crippen LogP contribution in [0.3, 0.4) is 0 Å². The Hall–Kier alpha value is -1.85. The Morgan fingerprint density at radius 2 is 2.00 bits per heavy atom. The molecule has 2 heterocycles. The van der Waals surface area contributed by atoms with E-state index < -0.39 is 0 Å². The standard InChI is InChI=1S/C19H22Cl2N4O/c1-4-11(8-12-6-7-13(20)9-15(12)21)14(5-2)16-17-18(23-10-22-17)19(26)25(3)24-16/h6-7,9-11,14H,4-5,8H2,1-3H3,(H,22,23). The van der Waals surface area contributed by atoms with Gasteiger partial charge in [0.05, 0.1) is 12.0 Å². The lowest BCUT2D eigenvalue weighted by molar-refractivity contribution is 0.386. The molecule has 138 valence electrons. The van der Waals surface area contributed by atoms with E-state index in [2.05, 4.69) is 28.9 Å². The van der Waals surface area contributed by atoms with Crippen LogP contribution in [-0.4, -0.2) is 19.7 Å². The van der Waals surface area contributed by atoms with Crippen molar-refractivity contribution in [3.05, 3.63) is 56.2 Å². The molecule has 0 bridgehead atoms. The second kappa shape index (κ2) is 7.80. The average Bonchev–Trinajstić information content (AvgIpc) is 3.10. The summed E-state index contributed by atoms with van der Waals surface area (Å²) >= 11 is 12.4. The molecule has 0 fully saturated rings. The number of benzene rings is 1. The highest BCUT2D eigenvalue weighted by Crippen LogP contribution is 2.35. The van der Waals surface area contributed by atoms with Gasteiger partial charge in [-0.2, -0.15) is 5.10 Å². The third kappa shape index (κ3) is 3.51. The fourth-order valence-corrected chi connectivity index (χ4v) is 4.09. The molecule has 0 aliphatic heterocycles. The minimum atomic E-state index is -0.162. The highest BCUT2D eigenvalue weighted by molar-refractivity contribution is 6.35. The lowest BCUT2D eigenvalue weighted by Crippen LogP contribution is -2.25. The molecule has 0 aliphatic carbocycles. The molecule has 3 aromatic rings. The minimum absolute atomic E-state index is 0.162. The van der Waals surface area contributed by atoms with E-state index in [1.54, 1.807) is 19.4 Å². The molecule has 2 unspecified atom stereocenters. The summed E-state index contributed by atoms with van der Waals surface area (Å²) in [5, 5.41) is 5.88. The van der Waals surface area contributed by atoms with E-state index in [4.69, 9.17) is 23.2 Å². The van der Waals surface area contributed by atoms with Gasteiger partial charge in [-0.1, -0.05) is 49.5 Å². The highest BCUT2D eigenvalue weighted by atomic mass is 35.5. The van der Waals surface area contributed by atoms with Crippen molar-refractivity contribution in [2.75, 3.05) is 0 Å². The van der Waals surface area contributed by atoms with Crippen LogP contribution >= 0.6 is 23.2 Å². The first-order valence-corrected chi connectivity index (χ1v) is 9.56. The summed E-state index contributed by atoms with van der Waals surface area (Å²) in [6.45, 7) is 4.31. The van der Waals surface area contributed by atoms with Gasteiger partial charge in [-0.25, -0.2) is 9.67 Å². The van der Waals surface area contributed by atoms with E-state index in [0.717, 1.165) is 30.5 Å². The summed E-state index contributed by atoms with van der Waals surface area (Å²) in [6, 6.07) is 5.63. The van der Waals surface area contributed by atoms with Crippen LogP contribution in [-0.2, 0) is 13.5 Å². The van der Waals surface area contributed by atoms with Crippen LogP contribution in [0, 0.1) is 5.92 Å². The first kappa shape index (κ1) is 18.9. The van der Waals surface area contributed by atoms with Crippen molar-refractivity contribution in [1.29, 1.82) is 0 Å². The summed E-state index contributed by atoms with van der Waals surface area (Å²) in [5.41, 5.74) is 2.95. The Morgan fingerprint density at radius 3 is 2.65 bits per heavy atom. The molecule has 1 aromatic carbocycles. The van der Waals surface area contributed by atoms with Crippen molar-refractivity contribution in [3.8, 4) is 0 Å². The highest BCUT2D eigenvalue weighted by Gasteiger charge is 2.27. The molecule has 0 radical (unpaired) electrons. The molecule has 0 saturated carbocycles. The zero-order valence-corrected chi connectivity index (χ0v) is 16.6. The number of nitrogens with zero attached hydrogens (tertiary/aromatic N) is 3. The van der Waals surface area contributed by atoms with Crippen LogP contribution in [0.2, 0.25) is 10.0 Å². The summed E-state index contributed by atoms with van der Waals surface area (Å²) in [6.07, 6.45) is 4.24. The van der Waals surface area contributed by atoms with Gasteiger partial charge in [-0.15, -0.1) is 0 Å². The van der Waals surface area contributed by atoms with Gasteiger partial charge in [0.2, 0.25) is 0 Å². The second-order valence-corrected chi connectivity index (χ2v) is 7.41. The zero-order chi connectivity index (χ0) is 18.8. The number of H-pyrrole nitrogens is 1. The molecule has 0 saturated heterocycles. The Morgan fingerprint density at radius 1 is 1.23 bits per heavy atom. The van der Waals surface area contributed by atoms with Gasteiger partial charge >= 0.3 is 0 Å². The van der Waals surface area contributed by atoms with Crippen LogP contribution in [0.4, 0.5) is 0 Å². The molecule has 5 nitrogen and oxygen atoms in total. The maximum absolute atomic E-state index is 12.3. The van der Waals surface area contributed by atoms with Gasteiger partial charge in [0.25, 0.3) is 5.56 Å². The molecule has 0 amide bonds. The second-order valence-electron chi connectivity index (χ2n) is 6.56. The van der Waals surface area contributed by atoms with Crippen LogP contribution in [0.15, 0.2) is 29.3 Å². The summed E-state index contributed by atoms with van der Waals surface area (Å²) in [4.78, 5) is 19.6. The predicted molar refractivity (Wildman–Crippen MR) is 106 cm³/mol. The Balaban J connectivity index is 2.02. The number of halogens is 2. The Labute approximate surface area is 162 Å². The lowest BCUT2D eigenvalue weighted by Gasteiger charge is -2.25. The molecule has 1 N–H and O–H groups in total. The number of imidazole rings is 1. The number of nitrogens with one attached hydrogen (secondary N) is 1. The molecular formula is C19H22Cl2N4O. The molecule has 7 heteroatoms. The summed E-state index contributed by atoms with van der Waals surface area (Å²) in [5.74, 6) is 0.493. The number of aryl methyl sites for hydroxylation is 1. The van der Waals surface area contributed by atoms with Gasteiger partial charge in [-0.3, -0.25) is 4.79 Å². The maximum atomic E-state index is 12.3. The average molecular weight is 393 g/mol. The molecule has 26 heavy (non-hydrogen) atoms. The molecular weight excluding hydrogens is 371 g/mol. The van der Waals surface area contributed by atoms with E-state index >= 15 is 0 Å². The quantitative estimate of drug-likeness (QED) is 0.659. The van der Waals surface area contributed by atoms with Gasteiger partial charge in [0.1, 0.15) is 11.0 Å². The van der Waals surface area contributed by atoms with E-state index in [-0.39, 0.29) is 11.5 Å². The third-order valence-corrected chi connectivity index (χ3v) is 5.62. The number of fused-ring (bicyclic) bond motifs is 1. The lowest BCUT2D eigenvalue weighted by atomic mass is 9.81. The predicted octanol–water partition coefficient (Wildman–Crippen LogP) is 4.73. The van der Waals surface area contributed by atoms with E-state index in [1.165, 1.54) is 4.68 Å². The third-order valence-electron chi connectivity index (χ3n) is 5.03. The number of aromatic amines is 1. The molecule has 3 rings (SSSR count). The normalized spacial score (nSPS) is 13.9. The minimum Gasteiger partial charge on any atom is -0.340 e. The number of hydrogen-bond donors (Lipinski definition) is 1. The van der Waals surface area contributed by atoms with E-state index in [9.17, 15) is 4.79 Å². The van der Waals surface area contributed by atoms with Crippen molar-refractivity contribution in [2.45, 2.75) is 39.0 Å². The first-order chi connectivity index (χ1) is 12.5. The molecule has 0 spiro atoms. The summed E-state index contributed by atoms with van der Waals surface area (Å²) < 4.78 is 1.39. The SMILES string of the molecule is CCC(Cc1ccc(Cl)cc1Cl)C(CC)c1nn(C)c(=O)c2[nH]cnc12. The number of hydrogen-bond acceptors (Lipinski definition) is 3. The van der Waals surface area contributed by atoms with Gasteiger partial charge < -0.3 is 4.98 Å². The topological polar surface area (TPSA) is 63.6 Å². The Kier molecular flexibility index (Phi) is 5.68. The number of aromatic nitrogens is 4. The van der Waals surface area contributed by atoms with Crippen molar-refractivity contribution in [3.63, 3.8) is 0 Å². The summed E-state index contributed by atoms with van der Waals surface area (Å²) in [7, 11) is 1.68. The fourth-order valence-electron chi connectivity index (χ4n) is 3.61. The van der Waals surface area contributed by atoms with E-state index in [0.29, 0.717) is 27.0 Å². The smallest absolute Gasteiger partial charge is 0.292 e. The van der Waals surface area contributed by atoms with Crippen molar-refractivity contribution >= 4 is 34.2 Å². The molecule has 0 aliphatic rings. The van der Waals surface area contributed by atoms with Crippen LogP contribution in [0.25, 0.3) is 11.0 Å². The maximum Gasteiger partial charge on any atom is 0.292 e. The van der Waals surface area contributed by atoms with E-state index in [1.807, 2.05) is 12.1 Å². The Bertz CT molecular complexity index is 979. The molecule has 2 atom stereocenters. The van der Waals surface area contributed by atoms with Gasteiger partial charge in [0, 0.05) is 23.0 Å². The van der Waals surface area contributed by atoms with Gasteiger partial charge in [0.15, 0.2) is 0 Å². The number of rotatable bonds is 6. The first-order valence-electron chi connectivity index (χ1n) is 8.80. The fraction of sp³-hybridized carbons (Fsp3) is 0.421. The van der Waals surface area contributed by atoms with Crippen LogP contribution in [0.1, 0.15) is 43.9 Å². The largest absolute Gasteiger partial charge is 0.340 e.